The summed E-state index contributed by atoms with van der Waals surface area (Å²) in [6.07, 6.45) is 8.85. The summed E-state index contributed by atoms with van der Waals surface area (Å²) in [5.41, 5.74) is 24.2. The maximum absolute atomic E-state index is 14.9. The van der Waals surface area contributed by atoms with E-state index in [1.807, 2.05) is 0 Å². The lowest BCUT2D eigenvalue weighted by Crippen LogP contribution is -2.59. The maximum atomic E-state index is 14.9. The van der Waals surface area contributed by atoms with Crippen molar-refractivity contribution in [2.75, 3.05) is 78.5 Å². The molecule has 12 heterocycles. The topological polar surface area (TPSA) is 384 Å². The Morgan fingerprint density at radius 3 is 0.681 bits per heavy atom. The van der Waals surface area contributed by atoms with Gasteiger partial charge in [0.05, 0.1) is 12.1 Å². The average molecular weight is 1310 g/mol. The molecular formula is C62H87N19O13. The van der Waals surface area contributed by atoms with Crippen LogP contribution in [0.25, 0.3) is 20.9 Å². The van der Waals surface area contributed by atoms with E-state index in [-0.39, 0.29) is 120 Å². The van der Waals surface area contributed by atoms with Crippen LogP contribution in [0, 0.1) is 0 Å². The Balaban J connectivity index is 0.673. The molecule has 0 bridgehead atoms. The second-order valence-electron chi connectivity index (χ2n) is 27.7. The Bertz CT molecular complexity index is 3210. The van der Waals surface area contributed by atoms with Gasteiger partial charge >= 0.3 is 0 Å². The molecule has 0 unspecified atom stereocenters. The third kappa shape index (κ3) is 12.1. The van der Waals surface area contributed by atoms with Crippen molar-refractivity contribution < 1.29 is 62.3 Å². The molecule has 94 heavy (non-hydrogen) atoms. The first-order valence-corrected chi connectivity index (χ1v) is 34.3. The van der Waals surface area contributed by atoms with Gasteiger partial charge in [-0.3, -0.25) is 62.3 Å². The van der Waals surface area contributed by atoms with Gasteiger partial charge in [-0.05, 0) is 152 Å². The standard InChI is InChI=1S/C62H87N19O13/c1-36(82)80-34-37(66-68-64)32-49(80)61(93)79-31-11-21-48(79)60(92)81-35-38(67-69-65)33-50(81)62(94)78-30-10-20-47(78)59(91)77-29-9-19-46(77)58(90)76-28-8-18-45(76)57(89)75-27-7-17-44(75)56(88)74-26-6-16-43(74)55(87)73-25-5-15-42(73)54(86)72-24-4-14-41(72)53(85)71-23-3-13-40(71)52(84)70-22-2-12-39(70)51(63)83/h37-50H,2-35H2,1H3,(H2,63,83)/t37-,38-,39+,40+,41+,42+,43+,44+,45+,46+,47+,48+,49+,50+/m1/s1. The van der Waals surface area contributed by atoms with Crippen LogP contribution in [0.2, 0.25) is 0 Å². The van der Waals surface area contributed by atoms with Gasteiger partial charge in [0.25, 0.3) is 0 Å². The number of hydrogen-bond donors (Lipinski definition) is 1. The highest BCUT2D eigenvalue weighted by Gasteiger charge is 2.55. The molecule has 508 valence electrons. The lowest BCUT2D eigenvalue weighted by atomic mass is 10.1. The van der Waals surface area contributed by atoms with Gasteiger partial charge in [-0.2, -0.15) is 0 Å². The first kappa shape index (κ1) is 65.8. The maximum Gasteiger partial charge on any atom is 0.246 e. The summed E-state index contributed by atoms with van der Waals surface area (Å²) in [4.78, 5) is 210. The fourth-order valence-electron chi connectivity index (χ4n) is 18.0. The number of primary amides is 1. The fraction of sp³-hybridized carbons (Fsp3) is 0.790. The number of azide groups is 2. The molecule has 0 aliphatic carbocycles. The van der Waals surface area contributed by atoms with Crippen LogP contribution in [0.1, 0.15) is 148 Å². The quantitative estimate of drug-likeness (QED) is 0.136. The Hall–Kier alpha value is -8.27. The number of carbonyl (C=O) groups excluding carboxylic acids is 13. The lowest BCUT2D eigenvalue weighted by Gasteiger charge is -2.38. The third-order valence-electron chi connectivity index (χ3n) is 22.5. The van der Waals surface area contributed by atoms with E-state index in [0.717, 1.165) is 0 Å². The van der Waals surface area contributed by atoms with Crippen LogP contribution in [0.15, 0.2) is 10.2 Å². The fourth-order valence-corrected chi connectivity index (χ4v) is 18.0. The molecule has 12 aliphatic rings. The summed E-state index contributed by atoms with van der Waals surface area (Å²) >= 11 is 0. The second-order valence-corrected chi connectivity index (χ2v) is 27.7. The number of hydrogen-bond acceptors (Lipinski definition) is 15. The van der Waals surface area contributed by atoms with Gasteiger partial charge < -0.3 is 64.5 Å². The molecule has 12 fully saturated rings. The van der Waals surface area contributed by atoms with Crippen LogP contribution in [0.3, 0.4) is 0 Å². The Morgan fingerprint density at radius 1 is 0.287 bits per heavy atom. The molecule has 0 aromatic carbocycles. The Labute approximate surface area is 544 Å². The van der Waals surface area contributed by atoms with Gasteiger partial charge in [0.15, 0.2) is 0 Å². The van der Waals surface area contributed by atoms with E-state index in [4.69, 9.17) is 11.3 Å². The molecule has 14 atom stereocenters. The van der Waals surface area contributed by atoms with E-state index < -0.39 is 126 Å². The van der Waals surface area contributed by atoms with E-state index in [9.17, 15) is 67.9 Å². The summed E-state index contributed by atoms with van der Waals surface area (Å²) in [5.74, 6) is -5.46. The number of amides is 13. The van der Waals surface area contributed by atoms with Crippen molar-refractivity contribution in [1.82, 2.24) is 58.8 Å². The Morgan fingerprint density at radius 2 is 0.468 bits per heavy atom. The molecule has 2 N–H and O–H groups in total. The van der Waals surface area contributed by atoms with Crippen molar-refractivity contribution in [1.29, 1.82) is 0 Å². The van der Waals surface area contributed by atoms with E-state index in [2.05, 4.69) is 20.1 Å². The number of nitrogens with two attached hydrogens (primary N) is 1. The molecule has 0 radical (unpaired) electrons. The summed E-state index contributed by atoms with van der Waals surface area (Å²) in [5, 5.41) is 7.63. The smallest absolute Gasteiger partial charge is 0.246 e. The SMILES string of the molecule is CC(=O)N1C[C@H](N=[N+]=[N-])C[C@H]1C(=O)N1CCC[C@H]1C(=O)N1C[C@H](N=[N+]=[N-])C[C@H]1C(=O)N1CCC[C@H]1C(=O)N1CCC[C@H]1C(=O)N1CCC[C@H]1C(=O)N1CCC[C@H]1C(=O)N1CCC[C@H]1C(=O)N1CCC[C@H]1C(=O)N1CCC[C@H]1C(=O)N1CCC[C@H]1C(=O)N1CCC[C@H]1C(N)=O. The van der Waals surface area contributed by atoms with Crippen molar-refractivity contribution in [3.8, 4) is 0 Å². The largest absolute Gasteiger partial charge is 0.368 e. The molecule has 12 saturated heterocycles. The minimum Gasteiger partial charge on any atom is -0.368 e. The van der Waals surface area contributed by atoms with Crippen molar-refractivity contribution in [2.45, 2.75) is 233 Å². The summed E-state index contributed by atoms with van der Waals surface area (Å²) in [6, 6.07) is -12.3. The molecular weight excluding hydrogens is 1220 g/mol. The van der Waals surface area contributed by atoms with Crippen molar-refractivity contribution >= 4 is 76.8 Å². The lowest BCUT2D eigenvalue weighted by molar-refractivity contribution is -0.156. The van der Waals surface area contributed by atoms with Crippen molar-refractivity contribution in [2.24, 2.45) is 16.0 Å². The highest BCUT2D eigenvalue weighted by molar-refractivity contribution is 6.01. The molecule has 13 amide bonds. The first-order valence-electron chi connectivity index (χ1n) is 34.3. The van der Waals surface area contributed by atoms with Gasteiger partial charge in [0.2, 0.25) is 76.8 Å². The molecule has 0 saturated carbocycles. The van der Waals surface area contributed by atoms with Crippen molar-refractivity contribution in [3.05, 3.63) is 20.9 Å². The zero-order valence-electron chi connectivity index (χ0n) is 53.6. The second kappa shape index (κ2) is 27.6. The molecule has 12 rings (SSSR count). The predicted octanol–water partition coefficient (Wildman–Crippen LogP) is -0.0388. The molecule has 0 aromatic heterocycles. The number of likely N-dealkylation sites (tertiary alicyclic amines) is 12. The summed E-state index contributed by atoms with van der Waals surface area (Å²) in [6.45, 7) is 3.92. The van der Waals surface area contributed by atoms with E-state index >= 15 is 0 Å². The van der Waals surface area contributed by atoms with Gasteiger partial charge in [-0.15, -0.1) is 0 Å². The van der Waals surface area contributed by atoms with Crippen LogP contribution >= 0.6 is 0 Å². The average Bonchev–Trinajstić information content (AvgIpc) is 1.64. The van der Waals surface area contributed by atoms with Crippen LogP contribution < -0.4 is 5.73 Å². The predicted molar refractivity (Wildman–Crippen MR) is 328 cm³/mol. The van der Waals surface area contributed by atoms with Crippen LogP contribution in [-0.2, 0) is 62.3 Å². The van der Waals surface area contributed by atoms with Crippen LogP contribution in [0.4, 0.5) is 0 Å². The van der Waals surface area contributed by atoms with Gasteiger partial charge in [-0.25, -0.2) is 0 Å². The number of nitrogens with zero attached hydrogens (tertiary/aromatic N) is 18. The molecule has 12 aliphatic heterocycles. The van der Waals surface area contributed by atoms with E-state index in [1.54, 1.807) is 19.6 Å². The van der Waals surface area contributed by atoms with Crippen LogP contribution in [-0.4, -0.2) is 299 Å². The molecule has 32 nitrogen and oxygen atoms in total. The molecule has 0 spiro atoms. The Kier molecular flexibility index (Phi) is 19.3. The highest BCUT2D eigenvalue weighted by Crippen LogP contribution is 2.37. The minimum absolute atomic E-state index is 0.0286. The zero-order valence-corrected chi connectivity index (χ0v) is 53.6. The molecule has 0 aromatic rings. The van der Waals surface area contributed by atoms with E-state index in [0.29, 0.717) is 135 Å². The van der Waals surface area contributed by atoms with Gasteiger partial charge in [0.1, 0.15) is 72.5 Å². The first-order chi connectivity index (χ1) is 45.3. The van der Waals surface area contributed by atoms with Gasteiger partial charge in [-0.1, -0.05) is 10.2 Å². The zero-order chi connectivity index (χ0) is 66.4. The summed E-state index contributed by atoms with van der Waals surface area (Å²) < 4.78 is 0. The summed E-state index contributed by atoms with van der Waals surface area (Å²) in [7, 11) is 0. The third-order valence-corrected chi connectivity index (χ3v) is 22.5. The number of carbonyl (C=O) groups is 13. The normalized spacial score (nSPS) is 32.5. The highest BCUT2D eigenvalue weighted by atomic mass is 16.2. The minimum atomic E-state index is -1.15. The van der Waals surface area contributed by atoms with Crippen LogP contribution in [0.5, 0.6) is 0 Å². The monoisotopic (exact) mass is 1310 g/mol. The van der Waals surface area contributed by atoms with Gasteiger partial charge in [0, 0.05) is 95.3 Å². The molecule has 32 heteroatoms. The number of rotatable bonds is 14. The van der Waals surface area contributed by atoms with E-state index in [1.165, 1.54) is 46.1 Å². The van der Waals surface area contributed by atoms with Crippen molar-refractivity contribution in [3.63, 3.8) is 0 Å².